The lowest BCUT2D eigenvalue weighted by atomic mass is 9.97. The highest BCUT2D eigenvalue weighted by molar-refractivity contribution is 5.80. The molecule has 2 atom stereocenters. The number of hydrogen-bond donors (Lipinski definition) is 2. The molecule has 4 rings (SSSR count). The number of nitrogens with one attached hydrogen (secondary N) is 1. The number of piperidine rings is 1. The van der Waals surface area contributed by atoms with Gasteiger partial charge in [-0.25, -0.2) is 4.79 Å². The fraction of sp³-hybridized carbons (Fsp3) is 0.423. The quantitative estimate of drug-likeness (QED) is 0.664. The number of carboxylic acid groups (broad SMARTS) is 1. The van der Waals surface area contributed by atoms with Crippen LogP contribution in [0.25, 0.3) is 11.1 Å². The Morgan fingerprint density at radius 1 is 1.09 bits per heavy atom. The second-order valence-electron chi connectivity index (χ2n) is 8.80. The summed E-state index contributed by atoms with van der Waals surface area (Å²) in [6.45, 7) is 2.91. The van der Waals surface area contributed by atoms with Gasteiger partial charge in [-0.2, -0.15) is 0 Å². The van der Waals surface area contributed by atoms with Crippen molar-refractivity contribution in [2.24, 2.45) is 5.92 Å². The highest BCUT2D eigenvalue weighted by Crippen LogP contribution is 2.44. The Kier molecular flexibility index (Phi) is 6.96. The first-order valence-electron chi connectivity index (χ1n) is 11.6. The molecular weight excluding hydrogens is 420 g/mol. The van der Waals surface area contributed by atoms with Crippen molar-refractivity contribution in [1.29, 1.82) is 0 Å². The molecule has 2 N–H and O–H groups in total. The number of ether oxygens (including phenoxy) is 1. The number of rotatable bonds is 7. The molecule has 7 nitrogen and oxygen atoms in total. The third kappa shape index (κ3) is 5.02. The van der Waals surface area contributed by atoms with Gasteiger partial charge in [0.15, 0.2) is 0 Å². The van der Waals surface area contributed by atoms with E-state index in [0.717, 1.165) is 11.1 Å². The third-order valence-electron chi connectivity index (χ3n) is 6.70. The molecule has 0 radical (unpaired) electrons. The van der Waals surface area contributed by atoms with Crippen LogP contribution in [0.15, 0.2) is 48.5 Å². The van der Waals surface area contributed by atoms with E-state index in [4.69, 9.17) is 4.74 Å². The van der Waals surface area contributed by atoms with Crippen LogP contribution in [-0.2, 0) is 14.3 Å². The maximum Gasteiger partial charge on any atom is 0.407 e. The van der Waals surface area contributed by atoms with Crippen LogP contribution in [-0.4, -0.2) is 53.7 Å². The number of aliphatic carboxylic acids is 1. The molecule has 174 valence electrons. The minimum Gasteiger partial charge on any atom is -0.481 e. The topological polar surface area (TPSA) is 95.9 Å². The molecule has 0 bridgehead atoms. The van der Waals surface area contributed by atoms with Gasteiger partial charge in [-0.15, -0.1) is 0 Å². The van der Waals surface area contributed by atoms with Crippen LogP contribution in [0.4, 0.5) is 4.79 Å². The number of fused-ring (bicyclic) bond motifs is 3. The predicted octanol–water partition coefficient (Wildman–Crippen LogP) is 4.02. The van der Waals surface area contributed by atoms with Gasteiger partial charge in [0, 0.05) is 31.5 Å². The number of likely N-dealkylation sites (tertiary alicyclic amines) is 1. The second-order valence-corrected chi connectivity index (χ2v) is 8.80. The van der Waals surface area contributed by atoms with Gasteiger partial charge in [0.1, 0.15) is 6.61 Å². The summed E-state index contributed by atoms with van der Waals surface area (Å²) in [5.74, 6) is -1.54. The van der Waals surface area contributed by atoms with Gasteiger partial charge < -0.3 is 20.1 Å². The molecule has 33 heavy (non-hydrogen) atoms. The number of carbonyl (C=O) groups excluding carboxylic acids is 2. The van der Waals surface area contributed by atoms with Crippen molar-refractivity contribution in [3.8, 4) is 11.1 Å². The van der Waals surface area contributed by atoms with Crippen LogP contribution in [0.1, 0.15) is 49.7 Å². The van der Waals surface area contributed by atoms with Crippen LogP contribution in [0.3, 0.4) is 0 Å². The minimum atomic E-state index is -0.865. The number of benzene rings is 2. The Morgan fingerprint density at radius 2 is 1.73 bits per heavy atom. The fourth-order valence-electron chi connectivity index (χ4n) is 4.85. The molecule has 1 unspecified atom stereocenters. The molecule has 1 heterocycles. The van der Waals surface area contributed by atoms with Crippen molar-refractivity contribution in [2.75, 3.05) is 19.7 Å². The normalized spacial score (nSPS) is 18.2. The number of nitrogens with zero attached hydrogens (tertiary/aromatic N) is 1. The van der Waals surface area contributed by atoms with Crippen molar-refractivity contribution in [3.63, 3.8) is 0 Å². The second kappa shape index (κ2) is 10.1. The molecule has 2 aliphatic rings. The Bertz CT molecular complexity index is 991. The lowest BCUT2D eigenvalue weighted by Crippen LogP contribution is -2.45. The molecule has 2 amide bonds. The zero-order valence-corrected chi connectivity index (χ0v) is 18.8. The molecule has 1 saturated heterocycles. The first-order valence-corrected chi connectivity index (χ1v) is 11.6. The van der Waals surface area contributed by atoms with Gasteiger partial charge in [-0.05, 0) is 41.5 Å². The van der Waals surface area contributed by atoms with E-state index in [1.165, 1.54) is 11.1 Å². The largest absolute Gasteiger partial charge is 0.481 e. The molecular formula is C26H30N2O5. The van der Waals surface area contributed by atoms with E-state index in [0.29, 0.717) is 25.8 Å². The molecule has 1 aliphatic heterocycles. The minimum absolute atomic E-state index is 0.0221. The number of carboxylic acids is 1. The first-order chi connectivity index (χ1) is 16.0. The van der Waals surface area contributed by atoms with E-state index in [1.54, 1.807) is 4.90 Å². The van der Waals surface area contributed by atoms with Gasteiger partial charge in [-0.1, -0.05) is 55.5 Å². The Balaban J connectivity index is 1.33. The summed E-state index contributed by atoms with van der Waals surface area (Å²) in [5, 5.41) is 12.1. The van der Waals surface area contributed by atoms with Crippen LogP contribution < -0.4 is 5.32 Å². The lowest BCUT2D eigenvalue weighted by molar-refractivity contribution is -0.145. The van der Waals surface area contributed by atoms with Crippen LogP contribution in [0.5, 0.6) is 0 Å². The molecule has 1 aliphatic carbocycles. The zero-order valence-electron chi connectivity index (χ0n) is 18.8. The predicted molar refractivity (Wildman–Crippen MR) is 124 cm³/mol. The SMILES string of the molecule is CCC(CC(=O)N1CCC[C@@H](C(=O)O)C1)NC(=O)OCC1c2ccccc2-c2ccccc21. The standard InChI is InChI=1S/C26H30N2O5/c1-2-18(14-24(29)28-13-7-8-17(15-28)25(30)31)27-26(32)33-16-23-21-11-5-3-9-19(21)20-10-4-6-12-22(20)23/h3-6,9-12,17-18,23H,2,7-8,13-16H2,1H3,(H,27,32)(H,30,31)/t17-,18?/m1/s1. The van der Waals surface area contributed by atoms with Crippen molar-refractivity contribution >= 4 is 18.0 Å². The Labute approximate surface area is 193 Å². The summed E-state index contributed by atoms with van der Waals surface area (Å²) >= 11 is 0. The first kappa shape index (κ1) is 22.8. The average Bonchev–Trinajstić information content (AvgIpc) is 3.16. The van der Waals surface area contributed by atoms with Gasteiger partial charge >= 0.3 is 12.1 Å². The Hall–Kier alpha value is -3.35. The van der Waals surface area contributed by atoms with Crippen molar-refractivity contribution in [1.82, 2.24) is 10.2 Å². The highest BCUT2D eigenvalue weighted by atomic mass is 16.5. The van der Waals surface area contributed by atoms with Crippen LogP contribution in [0, 0.1) is 5.92 Å². The smallest absolute Gasteiger partial charge is 0.407 e. The summed E-state index contributed by atoms with van der Waals surface area (Å²) in [5.41, 5.74) is 4.62. The lowest BCUT2D eigenvalue weighted by Gasteiger charge is -2.31. The zero-order chi connectivity index (χ0) is 23.4. The van der Waals surface area contributed by atoms with Crippen molar-refractivity contribution < 1.29 is 24.2 Å². The maximum atomic E-state index is 12.7. The number of alkyl carbamates (subject to hydrolysis) is 1. The van der Waals surface area contributed by atoms with Gasteiger partial charge in [0.05, 0.1) is 5.92 Å². The molecule has 1 fully saturated rings. The van der Waals surface area contributed by atoms with E-state index >= 15 is 0 Å². The van der Waals surface area contributed by atoms with Crippen LogP contribution in [0.2, 0.25) is 0 Å². The van der Waals surface area contributed by atoms with Gasteiger partial charge in [0.2, 0.25) is 5.91 Å². The van der Waals surface area contributed by atoms with E-state index < -0.39 is 18.0 Å². The molecule has 2 aromatic rings. The number of hydrogen-bond acceptors (Lipinski definition) is 4. The summed E-state index contributed by atoms with van der Waals surface area (Å²) in [7, 11) is 0. The number of carbonyl (C=O) groups is 3. The highest BCUT2D eigenvalue weighted by Gasteiger charge is 2.31. The number of amides is 2. The monoisotopic (exact) mass is 450 g/mol. The van der Waals surface area contributed by atoms with E-state index in [1.807, 2.05) is 31.2 Å². The van der Waals surface area contributed by atoms with Crippen molar-refractivity contribution in [2.45, 2.75) is 44.6 Å². The summed E-state index contributed by atoms with van der Waals surface area (Å²) in [6, 6.07) is 15.9. The molecule has 0 aromatic heterocycles. The van der Waals surface area contributed by atoms with Crippen LogP contribution >= 0.6 is 0 Å². The summed E-state index contributed by atoms with van der Waals surface area (Å²) in [4.78, 5) is 38.1. The van der Waals surface area contributed by atoms with Crippen molar-refractivity contribution in [3.05, 3.63) is 59.7 Å². The fourth-order valence-corrected chi connectivity index (χ4v) is 4.85. The summed E-state index contributed by atoms with van der Waals surface area (Å²) in [6.07, 6.45) is 1.44. The molecule has 0 spiro atoms. The van der Waals surface area contributed by atoms with E-state index in [9.17, 15) is 19.5 Å². The van der Waals surface area contributed by atoms with Gasteiger partial charge in [-0.3, -0.25) is 9.59 Å². The van der Waals surface area contributed by atoms with Gasteiger partial charge in [0.25, 0.3) is 0 Å². The summed E-state index contributed by atoms with van der Waals surface area (Å²) < 4.78 is 5.59. The Morgan fingerprint density at radius 3 is 2.33 bits per heavy atom. The van der Waals surface area contributed by atoms with E-state index in [-0.39, 0.29) is 37.4 Å². The maximum absolute atomic E-state index is 12.7. The third-order valence-corrected chi connectivity index (χ3v) is 6.70. The molecule has 2 aromatic carbocycles. The molecule has 0 saturated carbocycles. The molecule has 7 heteroatoms. The van der Waals surface area contributed by atoms with E-state index in [2.05, 4.69) is 29.6 Å². The average molecular weight is 451 g/mol.